The van der Waals surface area contributed by atoms with Crippen molar-refractivity contribution in [3.63, 3.8) is 0 Å². The quantitative estimate of drug-likeness (QED) is 0.167. The Morgan fingerprint density at radius 3 is 1.52 bits per heavy atom. The molecule has 2 aromatic carbocycles. The molecule has 0 N–H and O–H groups in total. The maximum absolute atomic E-state index is 12.7. The molecule has 2 aromatic heterocycles. The third-order valence-corrected chi connectivity index (χ3v) is 7.65. The zero-order chi connectivity index (χ0) is 20.7. The smallest absolute Gasteiger partial charge is 0.243 e. The summed E-state index contributed by atoms with van der Waals surface area (Å²) in [7, 11) is 0. The van der Waals surface area contributed by atoms with Crippen molar-refractivity contribution in [2.24, 2.45) is 0 Å². The molecule has 0 atom stereocenters. The van der Waals surface area contributed by atoms with Gasteiger partial charge in [0.25, 0.3) is 0 Å². The Labute approximate surface area is 199 Å². The predicted octanol–water partition coefficient (Wildman–Crippen LogP) is 5.50. The van der Waals surface area contributed by atoms with Gasteiger partial charge in [0.1, 0.15) is 0 Å². The highest BCUT2D eigenvalue weighted by molar-refractivity contribution is 14.1. The summed E-state index contributed by atoms with van der Waals surface area (Å²) in [4.78, 5) is 50.1. The van der Waals surface area contributed by atoms with Gasteiger partial charge in [-0.15, -0.1) is 0 Å². The number of fused-ring (bicyclic) bond motifs is 2. The van der Waals surface area contributed by atoms with Crippen LogP contribution in [0.15, 0.2) is 58.1 Å². The number of rotatable bonds is 4. The zero-order valence-corrected chi connectivity index (χ0v) is 20.5. The van der Waals surface area contributed by atoms with Crippen LogP contribution < -0.4 is 9.48 Å². The van der Waals surface area contributed by atoms with Gasteiger partial charge in [0.05, 0.1) is 17.5 Å². The number of halogens is 2. The van der Waals surface area contributed by atoms with Crippen molar-refractivity contribution in [3.8, 4) is 0 Å². The number of carbonyl (C=O) groups is 2. The molecule has 0 spiro atoms. The maximum atomic E-state index is 12.7. The normalized spacial score (nSPS) is 11.1. The molecule has 0 radical (unpaired) electrons. The number of hydrogen-bond acceptors (Lipinski definition) is 6. The Bertz CT molecular complexity index is 1330. The molecule has 0 saturated carbocycles. The minimum atomic E-state index is -0.566. The molecule has 0 saturated heterocycles. The second kappa shape index (κ2) is 8.32. The van der Waals surface area contributed by atoms with Gasteiger partial charge in [-0.2, -0.15) is 0 Å². The summed E-state index contributed by atoms with van der Waals surface area (Å²) >= 11 is 6.29. The lowest BCUT2D eigenvalue weighted by atomic mass is 10.0. The van der Waals surface area contributed by atoms with Crippen molar-refractivity contribution in [2.45, 2.75) is 6.42 Å². The minimum absolute atomic E-state index is 0.00990. The molecular weight excluding hydrogens is 634 g/mol. The first-order valence-corrected chi connectivity index (χ1v) is 12.1. The average molecular weight is 644 g/mol. The van der Waals surface area contributed by atoms with Crippen LogP contribution in [0.1, 0.15) is 27.1 Å². The van der Waals surface area contributed by atoms with Crippen molar-refractivity contribution in [2.75, 3.05) is 0 Å². The summed E-state index contributed by atoms with van der Waals surface area (Å²) in [6.07, 6.45) is -0.505. The number of ketones is 2. The molecular formula is C21H10I2O4S2. The first-order chi connectivity index (χ1) is 13.8. The lowest BCUT2D eigenvalue weighted by Crippen LogP contribution is -2.19. The molecule has 0 aliphatic rings. The van der Waals surface area contributed by atoms with Crippen LogP contribution in [0, 0.1) is 7.14 Å². The zero-order valence-electron chi connectivity index (χ0n) is 14.5. The number of carbonyl (C=O) groups excluding carboxylic acids is 2. The monoisotopic (exact) mass is 644 g/mol. The highest BCUT2D eigenvalue weighted by atomic mass is 127. The van der Waals surface area contributed by atoms with E-state index in [1.165, 1.54) is 12.1 Å². The third-order valence-electron chi connectivity index (χ3n) is 4.31. The maximum Gasteiger partial charge on any atom is 0.243 e. The van der Waals surface area contributed by atoms with E-state index in [1.54, 1.807) is 0 Å². The standard InChI is InChI=1S/C21H10I2O4S2/c22-12-1-3-18-10(5-12)7-14(20(26)28-18)16(24)9-17(25)15-8-11-6-13(23)2-4-19(11)29-21(15)27/h1-8H,9H2. The van der Waals surface area contributed by atoms with Gasteiger partial charge in [-0.25, -0.2) is 0 Å². The van der Waals surface area contributed by atoms with Crippen LogP contribution in [0.4, 0.5) is 0 Å². The van der Waals surface area contributed by atoms with Crippen LogP contribution in [0.2, 0.25) is 0 Å². The summed E-state index contributed by atoms with van der Waals surface area (Å²) in [6.45, 7) is 0. The molecule has 29 heavy (non-hydrogen) atoms. The van der Waals surface area contributed by atoms with Crippen molar-refractivity contribution in [1.29, 1.82) is 0 Å². The van der Waals surface area contributed by atoms with Crippen LogP contribution in [0.25, 0.3) is 20.2 Å². The highest BCUT2D eigenvalue weighted by Gasteiger charge is 2.20. The average Bonchev–Trinajstić information content (AvgIpc) is 2.67. The van der Waals surface area contributed by atoms with E-state index < -0.39 is 18.0 Å². The van der Waals surface area contributed by atoms with Crippen molar-refractivity contribution in [3.05, 3.63) is 85.9 Å². The van der Waals surface area contributed by atoms with Gasteiger partial charge in [0.15, 0.2) is 11.6 Å². The third kappa shape index (κ3) is 4.35. The molecule has 0 fully saturated rings. The van der Waals surface area contributed by atoms with E-state index in [1.807, 2.05) is 36.4 Å². The molecule has 0 aliphatic carbocycles. The molecule has 8 heteroatoms. The summed E-state index contributed by atoms with van der Waals surface area (Å²) in [6, 6.07) is 14.3. The molecule has 0 unspecified atom stereocenters. The molecule has 4 nitrogen and oxygen atoms in total. The van der Waals surface area contributed by atoms with E-state index in [4.69, 9.17) is 0 Å². The lowest BCUT2D eigenvalue weighted by molar-refractivity contribution is 0.0893. The van der Waals surface area contributed by atoms with E-state index in [2.05, 4.69) is 45.2 Å². The van der Waals surface area contributed by atoms with Crippen LogP contribution in [0.3, 0.4) is 0 Å². The predicted molar refractivity (Wildman–Crippen MR) is 135 cm³/mol. The highest BCUT2D eigenvalue weighted by Crippen LogP contribution is 2.23. The van der Waals surface area contributed by atoms with E-state index in [0.29, 0.717) is 0 Å². The Morgan fingerprint density at radius 2 is 1.10 bits per heavy atom. The van der Waals surface area contributed by atoms with Crippen LogP contribution in [-0.2, 0) is 0 Å². The van der Waals surface area contributed by atoms with E-state index in [-0.39, 0.29) is 20.6 Å². The van der Waals surface area contributed by atoms with Gasteiger partial charge in [-0.3, -0.25) is 19.2 Å². The first kappa shape index (κ1) is 20.8. The van der Waals surface area contributed by atoms with E-state index in [0.717, 1.165) is 50.0 Å². The first-order valence-electron chi connectivity index (χ1n) is 8.35. The fraction of sp³-hybridized carbons (Fsp3) is 0.0476. The van der Waals surface area contributed by atoms with Gasteiger partial charge in [0, 0.05) is 16.5 Å². The Morgan fingerprint density at radius 1 is 0.690 bits per heavy atom. The molecule has 2 heterocycles. The summed E-state index contributed by atoms with van der Waals surface area (Å²) in [5.74, 6) is -1.13. The van der Waals surface area contributed by atoms with E-state index in [9.17, 15) is 19.2 Å². The lowest BCUT2D eigenvalue weighted by Gasteiger charge is -2.04. The largest absolute Gasteiger partial charge is 0.293 e. The van der Waals surface area contributed by atoms with Gasteiger partial charge < -0.3 is 0 Å². The Kier molecular flexibility index (Phi) is 5.96. The fourth-order valence-corrected chi connectivity index (χ4v) is 5.65. The number of Topliss-reactive ketones (excluding diaryl/α,β-unsaturated/α-hetero) is 2. The molecule has 4 aromatic rings. The SMILES string of the molecule is O=C(CC(=O)c1cc2cc(I)ccc2sc1=O)c1cc2cc(I)ccc2sc1=O. The molecule has 0 aliphatic heterocycles. The second-order valence-electron chi connectivity index (χ2n) is 6.28. The van der Waals surface area contributed by atoms with Crippen LogP contribution in [0.5, 0.6) is 0 Å². The Hall–Kier alpha value is -1.50. The molecule has 4 rings (SSSR count). The van der Waals surface area contributed by atoms with Gasteiger partial charge in [-0.05, 0) is 104 Å². The fourth-order valence-electron chi connectivity index (χ4n) is 2.91. The summed E-state index contributed by atoms with van der Waals surface area (Å²) in [5, 5.41) is 1.56. The van der Waals surface area contributed by atoms with Gasteiger partial charge in [0.2, 0.25) is 9.48 Å². The van der Waals surface area contributed by atoms with E-state index >= 15 is 0 Å². The van der Waals surface area contributed by atoms with Crippen molar-refractivity contribution in [1.82, 2.24) is 0 Å². The number of hydrogen-bond donors (Lipinski definition) is 0. The van der Waals surface area contributed by atoms with Crippen molar-refractivity contribution >= 4 is 99.6 Å². The van der Waals surface area contributed by atoms with Crippen molar-refractivity contribution < 1.29 is 9.59 Å². The summed E-state index contributed by atoms with van der Waals surface area (Å²) in [5.41, 5.74) is -0.0198. The van der Waals surface area contributed by atoms with Crippen LogP contribution in [-0.4, -0.2) is 11.6 Å². The van der Waals surface area contributed by atoms with Gasteiger partial charge in [-0.1, -0.05) is 22.7 Å². The topological polar surface area (TPSA) is 68.3 Å². The van der Waals surface area contributed by atoms with Gasteiger partial charge >= 0.3 is 0 Å². The summed E-state index contributed by atoms with van der Waals surface area (Å²) < 4.78 is 2.78. The molecule has 0 bridgehead atoms. The Balaban J connectivity index is 1.69. The second-order valence-corrected chi connectivity index (χ2v) is 10.8. The van der Waals surface area contributed by atoms with Crippen LogP contribution >= 0.6 is 67.9 Å². The minimum Gasteiger partial charge on any atom is -0.293 e. The molecule has 144 valence electrons. The number of benzene rings is 2. The molecule has 0 amide bonds.